The summed E-state index contributed by atoms with van der Waals surface area (Å²) in [5.74, 6) is 0.405. The Labute approximate surface area is 120 Å². The molecule has 1 aromatic rings. The second kappa shape index (κ2) is 7.81. The van der Waals surface area contributed by atoms with Crippen molar-refractivity contribution >= 4 is 33.6 Å². The first kappa shape index (κ1) is 15.5. The largest absolute Gasteiger partial charge is 0.389 e. The third-order valence-corrected chi connectivity index (χ3v) is 3.94. The number of rotatable bonds is 6. The molecule has 3 nitrogen and oxygen atoms in total. The zero-order chi connectivity index (χ0) is 13.5. The van der Waals surface area contributed by atoms with Crippen LogP contribution in [0.2, 0.25) is 0 Å². The monoisotopic (exact) mass is 331 g/mol. The van der Waals surface area contributed by atoms with Gasteiger partial charge in [-0.05, 0) is 37.1 Å². The number of carbonyl (C=O) groups excluding carboxylic acids is 1. The zero-order valence-electron chi connectivity index (χ0n) is 10.6. The molecule has 100 valence electrons. The summed E-state index contributed by atoms with van der Waals surface area (Å²) in [5.41, 5.74) is 0.845. The normalized spacial score (nSPS) is 12.2. The van der Waals surface area contributed by atoms with Crippen molar-refractivity contribution in [3.8, 4) is 0 Å². The van der Waals surface area contributed by atoms with Gasteiger partial charge in [-0.2, -0.15) is 0 Å². The predicted octanol–water partition coefficient (Wildman–Crippen LogP) is 3.12. The van der Waals surface area contributed by atoms with Gasteiger partial charge in [0, 0.05) is 15.9 Å². The predicted molar refractivity (Wildman–Crippen MR) is 78.8 cm³/mol. The molecule has 1 amide bonds. The molecule has 18 heavy (non-hydrogen) atoms. The van der Waals surface area contributed by atoms with Crippen LogP contribution in [0.25, 0.3) is 0 Å². The Balaban J connectivity index is 2.64. The highest BCUT2D eigenvalue weighted by atomic mass is 79.9. The number of carbonyl (C=O) groups is 1. The maximum Gasteiger partial charge on any atom is 0.230 e. The molecular formula is C13H18BrNO2S. The van der Waals surface area contributed by atoms with Crippen molar-refractivity contribution < 1.29 is 9.90 Å². The topological polar surface area (TPSA) is 49.3 Å². The number of hydrogen-bond donors (Lipinski definition) is 2. The molecule has 0 radical (unpaired) electrons. The SMILES string of the molecule is CCCNC(=O)CSc1ccc(Br)cc1C(C)O. The second-order valence-corrected chi connectivity index (χ2v) is 5.93. The summed E-state index contributed by atoms with van der Waals surface area (Å²) in [6.07, 6.45) is 0.400. The molecule has 5 heteroatoms. The minimum atomic E-state index is -0.538. The van der Waals surface area contributed by atoms with Gasteiger partial charge in [0.05, 0.1) is 11.9 Å². The van der Waals surface area contributed by atoms with E-state index in [1.807, 2.05) is 25.1 Å². The molecule has 0 heterocycles. The molecule has 0 aromatic heterocycles. The molecule has 0 bridgehead atoms. The lowest BCUT2D eigenvalue weighted by molar-refractivity contribution is -0.118. The molecule has 2 N–H and O–H groups in total. The first-order valence-corrected chi connectivity index (χ1v) is 7.69. The number of benzene rings is 1. The van der Waals surface area contributed by atoms with Gasteiger partial charge in [0.15, 0.2) is 0 Å². The number of thioether (sulfide) groups is 1. The van der Waals surface area contributed by atoms with Crippen LogP contribution < -0.4 is 5.32 Å². The third kappa shape index (κ3) is 5.00. The highest BCUT2D eigenvalue weighted by molar-refractivity contribution is 9.10. The summed E-state index contributed by atoms with van der Waals surface area (Å²) in [6.45, 7) is 4.46. The van der Waals surface area contributed by atoms with E-state index in [1.54, 1.807) is 6.92 Å². The number of aliphatic hydroxyl groups excluding tert-OH is 1. The molecule has 0 saturated carbocycles. The number of amides is 1. The van der Waals surface area contributed by atoms with Crippen molar-refractivity contribution in [3.63, 3.8) is 0 Å². The smallest absolute Gasteiger partial charge is 0.230 e. The second-order valence-electron chi connectivity index (χ2n) is 4.00. The number of nitrogens with one attached hydrogen (secondary N) is 1. The van der Waals surface area contributed by atoms with Crippen LogP contribution in [-0.4, -0.2) is 23.3 Å². The lowest BCUT2D eigenvalue weighted by Gasteiger charge is -2.12. The van der Waals surface area contributed by atoms with E-state index in [0.29, 0.717) is 12.3 Å². The standard InChI is InChI=1S/C13H18BrNO2S/c1-3-6-15-13(17)8-18-12-5-4-10(14)7-11(12)9(2)16/h4-5,7,9,16H,3,6,8H2,1-2H3,(H,15,17). The van der Waals surface area contributed by atoms with Crippen LogP contribution in [0.3, 0.4) is 0 Å². The van der Waals surface area contributed by atoms with Crippen molar-refractivity contribution in [2.75, 3.05) is 12.3 Å². The average Bonchev–Trinajstić information content (AvgIpc) is 2.34. The summed E-state index contributed by atoms with van der Waals surface area (Å²) < 4.78 is 0.929. The molecule has 0 aliphatic rings. The van der Waals surface area contributed by atoms with Crippen LogP contribution >= 0.6 is 27.7 Å². The molecule has 0 saturated heterocycles. The lowest BCUT2D eigenvalue weighted by atomic mass is 10.1. The first-order valence-electron chi connectivity index (χ1n) is 5.91. The molecule has 1 unspecified atom stereocenters. The van der Waals surface area contributed by atoms with E-state index < -0.39 is 6.10 Å². The summed E-state index contributed by atoms with van der Waals surface area (Å²) in [7, 11) is 0. The van der Waals surface area contributed by atoms with Gasteiger partial charge in [-0.25, -0.2) is 0 Å². The van der Waals surface area contributed by atoms with E-state index >= 15 is 0 Å². The fraction of sp³-hybridized carbons (Fsp3) is 0.462. The Bertz CT molecular complexity index is 410. The third-order valence-electron chi connectivity index (χ3n) is 2.35. The summed E-state index contributed by atoms with van der Waals surface area (Å²) in [4.78, 5) is 12.5. The van der Waals surface area contributed by atoms with Crippen LogP contribution in [-0.2, 0) is 4.79 Å². The van der Waals surface area contributed by atoms with E-state index in [4.69, 9.17) is 0 Å². The Morgan fingerprint density at radius 1 is 1.56 bits per heavy atom. The van der Waals surface area contributed by atoms with Crippen LogP contribution in [0.1, 0.15) is 31.9 Å². The Morgan fingerprint density at radius 2 is 2.28 bits per heavy atom. The average molecular weight is 332 g/mol. The van der Waals surface area contributed by atoms with Crippen LogP contribution in [0.5, 0.6) is 0 Å². The Hall–Kier alpha value is -0.520. The van der Waals surface area contributed by atoms with Gasteiger partial charge in [-0.3, -0.25) is 4.79 Å². The molecule has 1 atom stereocenters. The van der Waals surface area contributed by atoms with Crippen molar-refractivity contribution in [1.82, 2.24) is 5.32 Å². The quantitative estimate of drug-likeness (QED) is 0.787. The number of hydrogen-bond acceptors (Lipinski definition) is 3. The Kier molecular flexibility index (Phi) is 6.75. The molecular weight excluding hydrogens is 314 g/mol. The molecule has 0 aliphatic heterocycles. The molecule has 1 rings (SSSR count). The maximum atomic E-state index is 11.5. The van der Waals surface area contributed by atoms with Crippen molar-refractivity contribution in [1.29, 1.82) is 0 Å². The lowest BCUT2D eigenvalue weighted by Crippen LogP contribution is -2.25. The van der Waals surface area contributed by atoms with Gasteiger partial charge in [-0.1, -0.05) is 22.9 Å². The van der Waals surface area contributed by atoms with E-state index in [-0.39, 0.29) is 5.91 Å². The van der Waals surface area contributed by atoms with Gasteiger partial charge >= 0.3 is 0 Å². The summed E-state index contributed by atoms with van der Waals surface area (Å²) >= 11 is 4.83. The first-order chi connectivity index (χ1) is 8.54. The molecule has 1 aromatic carbocycles. The van der Waals surface area contributed by atoms with Gasteiger partial charge in [0.1, 0.15) is 0 Å². The number of halogens is 1. The minimum Gasteiger partial charge on any atom is -0.389 e. The van der Waals surface area contributed by atoms with Crippen molar-refractivity contribution in [2.45, 2.75) is 31.3 Å². The van der Waals surface area contributed by atoms with Crippen LogP contribution in [0.15, 0.2) is 27.6 Å². The highest BCUT2D eigenvalue weighted by Crippen LogP contribution is 2.30. The summed E-state index contributed by atoms with van der Waals surface area (Å²) in [5, 5.41) is 12.5. The van der Waals surface area contributed by atoms with Gasteiger partial charge in [0.25, 0.3) is 0 Å². The highest BCUT2D eigenvalue weighted by Gasteiger charge is 2.10. The van der Waals surface area contributed by atoms with E-state index in [2.05, 4.69) is 21.2 Å². The minimum absolute atomic E-state index is 0.0290. The molecule has 0 aliphatic carbocycles. The van der Waals surface area contributed by atoms with Gasteiger partial charge in [0.2, 0.25) is 5.91 Å². The van der Waals surface area contributed by atoms with E-state index in [0.717, 1.165) is 21.4 Å². The molecule has 0 spiro atoms. The zero-order valence-corrected chi connectivity index (χ0v) is 13.0. The maximum absolute atomic E-state index is 11.5. The van der Waals surface area contributed by atoms with Gasteiger partial charge in [-0.15, -0.1) is 11.8 Å². The van der Waals surface area contributed by atoms with E-state index in [9.17, 15) is 9.90 Å². The number of aliphatic hydroxyl groups is 1. The Morgan fingerprint density at radius 3 is 2.89 bits per heavy atom. The van der Waals surface area contributed by atoms with Crippen molar-refractivity contribution in [3.05, 3.63) is 28.2 Å². The fourth-order valence-electron chi connectivity index (χ4n) is 1.44. The van der Waals surface area contributed by atoms with Crippen LogP contribution in [0.4, 0.5) is 0 Å². The fourth-order valence-corrected chi connectivity index (χ4v) is 2.76. The van der Waals surface area contributed by atoms with E-state index in [1.165, 1.54) is 11.8 Å². The van der Waals surface area contributed by atoms with Crippen molar-refractivity contribution in [2.24, 2.45) is 0 Å². The molecule has 0 fully saturated rings. The summed E-state index contributed by atoms with van der Waals surface area (Å²) in [6, 6.07) is 5.72. The van der Waals surface area contributed by atoms with Gasteiger partial charge < -0.3 is 10.4 Å². The van der Waals surface area contributed by atoms with Crippen LogP contribution in [0, 0.1) is 0 Å².